The summed E-state index contributed by atoms with van der Waals surface area (Å²) in [5.41, 5.74) is 0.298. The maximum atomic E-state index is 13.3. The van der Waals surface area contributed by atoms with Crippen LogP contribution in [0.2, 0.25) is 0 Å². The molecule has 4 atom stereocenters. The molecule has 17 nitrogen and oxygen atoms in total. The van der Waals surface area contributed by atoms with Crippen molar-refractivity contribution < 1.29 is 58.9 Å². The van der Waals surface area contributed by atoms with Crippen LogP contribution in [-0.4, -0.2) is 116 Å². The van der Waals surface area contributed by atoms with Crippen LogP contribution in [0.3, 0.4) is 0 Å². The number of carbonyl (C=O) groups excluding carboxylic acids is 5. The molecule has 2 aliphatic heterocycles. The lowest BCUT2D eigenvalue weighted by atomic mass is 10.1. The molecule has 2 heterocycles. The zero-order valence-corrected chi connectivity index (χ0v) is 28.1. The average molecular weight is 706 g/mol. The normalized spacial score (nSPS) is 18.6. The summed E-state index contributed by atoms with van der Waals surface area (Å²) in [6, 6.07) is 3.18. The Morgan fingerprint density at radius 2 is 1.82 bits per heavy atom. The van der Waals surface area contributed by atoms with Crippen molar-refractivity contribution in [3.8, 4) is 5.75 Å². The third kappa shape index (κ3) is 12.9. The Morgan fingerprint density at radius 3 is 2.56 bits per heavy atom. The number of unbranched alkanes of at least 4 members (excludes halogenated alkanes) is 3. The first-order valence-corrected chi connectivity index (χ1v) is 16.9. The molecule has 17 heteroatoms. The number of esters is 1. The molecule has 2 aliphatic rings. The fraction of sp³-hybridized carbons (Fsp3) is 0.606. The second-order valence-corrected chi connectivity index (χ2v) is 12.3. The summed E-state index contributed by atoms with van der Waals surface area (Å²) in [5, 5.41) is 45.1. The van der Waals surface area contributed by atoms with Crippen LogP contribution < -0.4 is 10.6 Å². The van der Waals surface area contributed by atoms with Crippen LogP contribution in [0.1, 0.15) is 89.5 Å². The molecule has 4 unspecified atom stereocenters. The maximum absolute atomic E-state index is 13.3. The summed E-state index contributed by atoms with van der Waals surface area (Å²) in [6.07, 6.45) is 2.35. The second kappa shape index (κ2) is 20.0. The lowest BCUT2D eigenvalue weighted by Crippen LogP contribution is -2.48. The molecule has 3 rings (SSSR count). The Bertz CT molecular complexity index is 1390. The number of aromatic hydroxyl groups is 1. The van der Waals surface area contributed by atoms with Gasteiger partial charge in [0.1, 0.15) is 30.5 Å². The zero-order valence-electron chi connectivity index (χ0n) is 28.1. The van der Waals surface area contributed by atoms with Crippen molar-refractivity contribution in [3.63, 3.8) is 0 Å². The van der Waals surface area contributed by atoms with Crippen LogP contribution in [0.5, 0.6) is 5.75 Å². The molecule has 0 bridgehead atoms. The molecule has 276 valence electrons. The lowest BCUT2D eigenvalue weighted by Gasteiger charge is -2.23. The first kappa shape index (κ1) is 39.7. The van der Waals surface area contributed by atoms with E-state index >= 15 is 0 Å². The maximum Gasteiger partial charge on any atom is 0.328 e. The summed E-state index contributed by atoms with van der Waals surface area (Å²) >= 11 is 0. The summed E-state index contributed by atoms with van der Waals surface area (Å²) in [7, 11) is 0. The van der Waals surface area contributed by atoms with Crippen LogP contribution >= 0.6 is 0 Å². The quantitative estimate of drug-likeness (QED) is 0.0521. The minimum absolute atomic E-state index is 0.00596. The first-order chi connectivity index (χ1) is 23.8. The monoisotopic (exact) mass is 705 g/mol. The van der Waals surface area contributed by atoms with Gasteiger partial charge >= 0.3 is 11.9 Å². The highest BCUT2D eigenvalue weighted by Crippen LogP contribution is 2.21. The van der Waals surface area contributed by atoms with Crippen molar-refractivity contribution in [2.45, 2.75) is 108 Å². The molecule has 1 saturated heterocycles. The Hall–Kier alpha value is -4.77. The topological polar surface area (TPSA) is 245 Å². The Balaban J connectivity index is 1.56. The molecule has 1 aromatic carbocycles. The van der Waals surface area contributed by atoms with E-state index in [2.05, 4.69) is 15.6 Å². The third-order valence-electron chi connectivity index (χ3n) is 8.16. The van der Waals surface area contributed by atoms with E-state index < -0.39 is 59.8 Å². The number of para-hydroxylation sites is 1. The van der Waals surface area contributed by atoms with Crippen LogP contribution in [-0.2, 0) is 38.2 Å². The van der Waals surface area contributed by atoms with Crippen molar-refractivity contribution in [3.05, 3.63) is 29.8 Å². The minimum Gasteiger partial charge on any atom is -0.507 e. The molecule has 6 N–H and O–H groups in total. The van der Waals surface area contributed by atoms with E-state index in [-0.39, 0.29) is 69.9 Å². The van der Waals surface area contributed by atoms with E-state index in [1.165, 1.54) is 13.0 Å². The standard InChI is InChI=1S/C33H47N5O12/c1-21(19-27(40)34-23-12-7-10-18-38(48)32(23)45)50-33(46)24(13-8-9-17-37(47)28(41)15-3-2-4-16-29(42)43)35-30(44)25-20-49-31(36-25)22-11-5-6-14-26(22)39/h5-6,11,14,21,23-25,39,47-48H,2-4,7-10,12-13,15-20H2,1H3,(H,34,40)(H,35,44)(H,42,43). The molecule has 1 aromatic rings. The number of hydroxylamine groups is 4. The van der Waals surface area contributed by atoms with Gasteiger partial charge in [0.05, 0.1) is 12.0 Å². The van der Waals surface area contributed by atoms with Gasteiger partial charge in [-0.1, -0.05) is 18.6 Å². The van der Waals surface area contributed by atoms with Crippen LogP contribution in [0.4, 0.5) is 0 Å². The number of phenols is 1. The van der Waals surface area contributed by atoms with E-state index in [9.17, 15) is 44.3 Å². The molecule has 0 radical (unpaired) electrons. The predicted octanol–water partition coefficient (Wildman–Crippen LogP) is 1.65. The van der Waals surface area contributed by atoms with Gasteiger partial charge in [0, 0.05) is 25.9 Å². The van der Waals surface area contributed by atoms with E-state index in [1.807, 2.05) is 0 Å². The SMILES string of the molecule is CC(CC(=O)NC1CCCCN(O)C1=O)OC(=O)C(CCCCN(O)C(=O)CCCCCC(=O)O)NC(=O)C1COC(c2ccccc2O)=N1. The number of aliphatic carboxylic acids is 1. The number of nitrogens with one attached hydrogen (secondary N) is 2. The third-order valence-corrected chi connectivity index (χ3v) is 8.16. The highest BCUT2D eigenvalue weighted by atomic mass is 16.5. The highest BCUT2D eigenvalue weighted by molar-refractivity contribution is 6.00. The fourth-order valence-electron chi connectivity index (χ4n) is 5.41. The number of nitrogens with zero attached hydrogens (tertiary/aromatic N) is 3. The smallest absolute Gasteiger partial charge is 0.328 e. The van der Waals surface area contributed by atoms with Gasteiger partial charge in [-0.05, 0) is 70.4 Å². The molecule has 50 heavy (non-hydrogen) atoms. The van der Waals surface area contributed by atoms with Crippen molar-refractivity contribution in [2.75, 3.05) is 19.7 Å². The summed E-state index contributed by atoms with van der Waals surface area (Å²) < 4.78 is 11.0. The highest BCUT2D eigenvalue weighted by Gasteiger charge is 2.33. The lowest BCUT2D eigenvalue weighted by molar-refractivity contribution is -0.167. The average Bonchev–Trinajstić information content (AvgIpc) is 3.51. The number of rotatable bonds is 19. The molecule has 0 spiro atoms. The van der Waals surface area contributed by atoms with Gasteiger partial charge in [0.15, 0.2) is 6.04 Å². The number of carboxylic acid groups (broad SMARTS) is 1. The van der Waals surface area contributed by atoms with Crippen molar-refractivity contribution >= 4 is 41.5 Å². The van der Waals surface area contributed by atoms with Crippen molar-refractivity contribution in [1.82, 2.24) is 20.8 Å². The molecular formula is C33H47N5O12. The van der Waals surface area contributed by atoms with Crippen molar-refractivity contribution in [2.24, 2.45) is 4.99 Å². The van der Waals surface area contributed by atoms with Gasteiger partial charge in [0.2, 0.25) is 23.6 Å². The molecular weight excluding hydrogens is 658 g/mol. The van der Waals surface area contributed by atoms with Gasteiger partial charge in [0.25, 0.3) is 5.91 Å². The Morgan fingerprint density at radius 1 is 1.08 bits per heavy atom. The van der Waals surface area contributed by atoms with Gasteiger partial charge < -0.3 is 30.3 Å². The number of aliphatic imine (C=N–C) groups is 1. The zero-order chi connectivity index (χ0) is 36.6. The second-order valence-electron chi connectivity index (χ2n) is 12.3. The Kier molecular flexibility index (Phi) is 15.9. The fourth-order valence-corrected chi connectivity index (χ4v) is 5.41. The van der Waals surface area contributed by atoms with Gasteiger partial charge in [-0.2, -0.15) is 0 Å². The summed E-state index contributed by atoms with van der Waals surface area (Å²) in [4.78, 5) is 78.5. The number of ether oxygens (including phenoxy) is 2. The molecule has 4 amide bonds. The van der Waals surface area contributed by atoms with Crippen LogP contribution in [0.25, 0.3) is 0 Å². The van der Waals surface area contributed by atoms with E-state index in [1.54, 1.807) is 18.2 Å². The predicted molar refractivity (Wildman–Crippen MR) is 174 cm³/mol. The largest absolute Gasteiger partial charge is 0.507 e. The minimum atomic E-state index is -1.19. The van der Waals surface area contributed by atoms with E-state index in [0.29, 0.717) is 54.2 Å². The summed E-state index contributed by atoms with van der Waals surface area (Å²) in [5.74, 6) is -4.13. The van der Waals surface area contributed by atoms with E-state index in [0.717, 1.165) is 0 Å². The van der Waals surface area contributed by atoms with Gasteiger partial charge in [-0.3, -0.25) is 34.4 Å². The number of hydrogen-bond acceptors (Lipinski definition) is 12. The molecule has 0 saturated carbocycles. The number of benzene rings is 1. The van der Waals surface area contributed by atoms with Gasteiger partial charge in [-0.25, -0.2) is 19.9 Å². The Labute approximate surface area is 289 Å². The number of hydrogen-bond donors (Lipinski definition) is 6. The summed E-state index contributed by atoms with van der Waals surface area (Å²) in [6.45, 7) is 1.46. The van der Waals surface area contributed by atoms with Crippen molar-refractivity contribution in [1.29, 1.82) is 0 Å². The molecule has 0 aliphatic carbocycles. The number of phenolic OH excluding ortho intramolecular Hbond substituents is 1. The van der Waals surface area contributed by atoms with Crippen LogP contribution in [0.15, 0.2) is 29.3 Å². The number of carbonyl (C=O) groups is 6. The molecule has 0 aromatic heterocycles. The first-order valence-electron chi connectivity index (χ1n) is 16.9. The number of carboxylic acids is 1. The van der Waals surface area contributed by atoms with E-state index in [4.69, 9.17) is 14.6 Å². The van der Waals surface area contributed by atoms with Crippen LogP contribution in [0, 0.1) is 0 Å². The number of amides is 4. The van der Waals surface area contributed by atoms with Gasteiger partial charge in [-0.15, -0.1) is 0 Å². The molecule has 1 fully saturated rings.